The summed E-state index contributed by atoms with van der Waals surface area (Å²) in [5.74, 6) is -2.67. The first kappa shape index (κ1) is 25.7. The maximum Gasteiger partial charge on any atom is 1.00 e. The number of rotatable bonds is 5. The molecule has 1 aliphatic carbocycles. The van der Waals surface area contributed by atoms with E-state index in [1.165, 1.54) is 6.07 Å². The molecule has 3 atom stereocenters. The summed E-state index contributed by atoms with van der Waals surface area (Å²) in [6, 6.07) is 2.81. The van der Waals surface area contributed by atoms with Gasteiger partial charge in [-0.2, -0.15) is 13.2 Å². The van der Waals surface area contributed by atoms with Crippen LogP contribution in [0, 0.1) is 5.92 Å². The number of hydrogen-bond donors (Lipinski definition) is 0. The molecule has 1 saturated heterocycles. The van der Waals surface area contributed by atoms with Crippen LogP contribution in [0.3, 0.4) is 0 Å². The van der Waals surface area contributed by atoms with E-state index in [9.17, 15) is 31.5 Å². The third-order valence-electron chi connectivity index (χ3n) is 5.29. The largest absolute Gasteiger partial charge is 1.00 e. The fourth-order valence-electron chi connectivity index (χ4n) is 3.82. The van der Waals surface area contributed by atoms with Crippen LogP contribution in [0.1, 0.15) is 31.2 Å². The van der Waals surface area contributed by atoms with Gasteiger partial charge in [-0.3, -0.25) is 0 Å². The number of carboxylic acids is 1. The minimum Gasteiger partial charge on any atom is -0.550 e. The third-order valence-corrected chi connectivity index (χ3v) is 8.02. The summed E-state index contributed by atoms with van der Waals surface area (Å²) in [5.41, 5.74) is -1.29. The number of halogens is 4. The Bertz CT molecular complexity index is 873. The molecule has 0 radical (unpaired) electrons. The van der Waals surface area contributed by atoms with Crippen LogP contribution in [0.25, 0.3) is 0 Å². The molecule has 0 aromatic heterocycles. The van der Waals surface area contributed by atoms with E-state index in [-0.39, 0.29) is 42.3 Å². The van der Waals surface area contributed by atoms with E-state index in [0.717, 1.165) is 6.07 Å². The molecule has 162 valence electrons. The zero-order valence-electron chi connectivity index (χ0n) is 16.2. The number of sulfone groups is 1. The van der Waals surface area contributed by atoms with Gasteiger partial charge in [-0.15, -0.1) is 0 Å². The zero-order valence-corrected chi connectivity index (χ0v) is 18.6. The monoisotopic (exact) mass is 506 g/mol. The normalized spacial score (nSPS) is 25.7. The van der Waals surface area contributed by atoms with E-state index >= 15 is 0 Å². The first-order valence-electron chi connectivity index (χ1n) is 9.05. The van der Waals surface area contributed by atoms with Gasteiger partial charge in [0, 0.05) is 29.6 Å². The predicted molar refractivity (Wildman–Crippen MR) is 96.6 cm³/mol. The van der Waals surface area contributed by atoms with Crippen LogP contribution in [-0.4, -0.2) is 45.1 Å². The topological polar surface area (TPSA) is 92.7 Å². The Morgan fingerprint density at radius 2 is 1.83 bits per heavy atom. The van der Waals surface area contributed by atoms with E-state index in [4.69, 9.17) is 9.47 Å². The van der Waals surface area contributed by atoms with Gasteiger partial charge in [-0.25, -0.2) is 8.42 Å². The Morgan fingerprint density at radius 3 is 2.40 bits per heavy atom. The molecule has 2 fully saturated rings. The summed E-state index contributed by atoms with van der Waals surface area (Å²) in [7, 11) is -4.45. The molecule has 1 aromatic rings. The van der Waals surface area contributed by atoms with E-state index < -0.39 is 49.7 Å². The fraction of sp³-hybridized carbons (Fsp3) is 0.611. The van der Waals surface area contributed by atoms with Crippen LogP contribution in [0.5, 0.6) is 0 Å². The van der Waals surface area contributed by atoms with Crippen LogP contribution in [0.4, 0.5) is 13.2 Å². The third kappa shape index (κ3) is 5.61. The Labute approximate surface area is 192 Å². The van der Waals surface area contributed by atoms with Crippen molar-refractivity contribution in [2.75, 3.05) is 13.2 Å². The van der Waals surface area contributed by atoms with Crippen molar-refractivity contribution in [1.82, 2.24) is 0 Å². The van der Waals surface area contributed by atoms with Crippen molar-refractivity contribution in [3.05, 3.63) is 28.2 Å². The number of carbonyl (C=O) groups is 1. The number of benzene rings is 1. The van der Waals surface area contributed by atoms with E-state index in [1.807, 2.05) is 0 Å². The van der Waals surface area contributed by atoms with Crippen LogP contribution in [0.2, 0.25) is 0 Å². The van der Waals surface area contributed by atoms with Crippen molar-refractivity contribution in [3.63, 3.8) is 0 Å². The fourth-order valence-corrected chi connectivity index (χ4v) is 6.18. The van der Waals surface area contributed by atoms with Gasteiger partial charge in [0.25, 0.3) is 0 Å². The molecule has 0 bridgehead atoms. The van der Waals surface area contributed by atoms with Crippen LogP contribution < -0.4 is 24.0 Å². The molecule has 0 unspecified atom stereocenters. The number of alkyl halides is 3. The zero-order chi connectivity index (χ0) is 21.4. The molecule has 3 rings (SSSR count). The van der Waals surface area contributed by atoms with Crippen LogP contribution in [-0.2, 0) is 30.3 Å². The summed E-state index contributed by atoms with van der Waals surface area (Å²) in [5, 5.41) is 10.2. The smallest absolute Gasteiger partial charge is 0.550 e. The van der Waals surface area contributed by atoms with Crippen molar-refractivity contribution in [1.29, 1.82) is 0 Å². The Balaban J connectivity index is 0.00000320. The Hall–Kier alpha value is -0.573. The van der Waals surface area contributed by atoms with Crippen molar-refractivity contribution in [2.45, 2.75) is 54.2 Å². The standard InChI is InChI=1S/C18H20BrF3O6S.Li/c19-10-1-2-16(14(7-10)18(20,21)22)29(25,26)12-8-13(17(23)24)15(9-12)28-11-3-5-27-6-4-11;/h1-2,7,11-13,15H,3-6,8-9H2,(H,23,24);/q;+1/p-1/t12-,13-,15-;/m0./s1. The van der Waals surface area contributed by atoms with Crippen molar-refractivity contribution < 1.29 is 59.8 Å². The minimum absolute atomic E-state index is 0. The molecule has 6 nitrogen and oxygen atoms in total. The predicted octanol–water partition coefficient (Wildman–Crippen LogP) is -0.662. The van der Waals surface area contributed by atoms with Gasteiger partial charge in [0.05, 0.1) is 27.9 Å². The van der Waals surface area contributed by atoms with E-state index in [2.05, 4.69) is 15.9 Å². The van der Waals surface area contributed by atoms with Gasteiger partial charge in [0.2, 0.25) is 0 Å². The average Bonchev–Trinajstić information content (AvgIpc) is 3.06. The van der Waals surface area contributed by atoms with Crippen LogP contribution in [0.15, 0.2) is 27.6 Å². The molecule has 1 aromatic carbocycles. The number of carbonyl (C=O) groups excluding carboxylic acids is 1. The molecular formula is C18H19BrF3LiO6S. The summed E-state index contributed by atoms with van der Waals surface area (Å²) in [6.07, 6.45) is -5.58. The minimum atomic E-state index is -4.88. The Morgan fingerprint density at radius 1 is 1.20 bits per heavy atom. The first-order valence-corrected chi connectivity index (χ1v) is 11.4. The molecule has 1 saturated carbocycles. The maximum atomic E-state index is 13.4. The molecular weight excluding hydrogens is 488 g/mol. The molecule has 1 aliphatic heterocycles. The van der Waals surface area contributed by atoms with Crippen molar-refractivity contribution in [3.8, 4) is 0 Å². The van der Waals surface area contributed by atoms with Crippen molar-refractivity contribution in [2.24, 2.45) is 5.92 Å². The molecule has 30 heavy (non-hydrogen) atoms. The van der Waals surface area contributed by atoms with Gasteiger partial charge >= 0.3 is 25.0 Å². The van der Waals surface area contributed by atoms with Gasteiger partial charge in [0.1, 0.15) is 0 Å². The van der Waals surface area contributed by atoms with Gasteiger partial charge in [0.15, 0.2) is 9.84 Å². The summed E-state index contributed by atoms with van der Waals surface area (Å²) >= 11 is 2.92. The number of aliphatic carboxylic acids is 1. The number of ether oxygens (including phenoxy) is 2. The molecule has 1 heterocycles. The quantitative estimate of drug-likeness (QED) is 0.492. The van der Waals surface area contributed by atoms with Gasteiger partial charge in [-0.1, -0.05) is 15.9 Å². The number of hydrogen-bond acceptors (Lipinski definition) is 6. The molecule has 2 aliphatic rings. The second kappa shape index (κ2) is 9.92. The summed E-state index contributed by atoms with van der Waals surface area (Å²) < 4.78 is 77.4. The summed E-state index contributed by atoms with van der Waals surface area (Å²) in [6.45, 7) is 0.895. The molecule has 0 N–H and O–H groups in total. The molecule has 12 heteroatoms. The number of carboxylic acid groups (broad SMARTS) is 1. The Kier molecular flexibility index (Phi) is 8.49. The van der Waals surface area contributed by atoms with Gasteiger partial charge < -0.3 is 19.4 Å². The molecule has 0 spiro atoms. The average molecular weight is 507 g/mol. The molecule has 0 amide bonds. The second-order valence-corrected chi connectivity index (χ2v) is 10.3. The maximum absolute atomic E-state index is 13.4. The SMILES string of the molecule is O=C([O-])[C@H]1C[C@H](S(=O)(=O)c2ccc(Br)cc2C(F)(F)F)C[C@@H]1OC1CCOCC1.[Li+]. The van der Waals surface area contributed by atoms with Crippen molar-refractivity contribution >= 4 is 31.7 Å². The van der Waals surface area contributed by atoms with E-state index in [1.54, 1.807) is 0 Å². The van der Waals surface area contributed by atoms with Crippen LogP contribution >= 0.6 is 15.9 Å². The summed E-state index contributed by atoms with van der Waals surface area (Å²) in [4.78, 5) is 10.7. The van der Waals surface area contributed by atoms with Gasteiger partial charge in [-0.05, 0) is 43.9 Å². The van der Waals surface area contributed by atoms with E-state index in [0.29, 0.717) is 32.1 Å². The first-order chi connectivity index (χ1) is 13.5. The second-order valence-electron chi connectivity index (χ2n) is 7.19.